The summed E-state index contributed by atoms with van der Waals surface area (Å²) in [5.74, 6) is 0. The summed E-state index contributed by atoms with van der Waals surface area (Å²) in [5.41, 5.74) is 4.01. The molecule has 0 unspecified atom stereocenters. The maximum absolute atomic E-state index is 8.91. The topological polar surface area (TPSA) is 28.2 Å². The van der Waals surface area contributed by atoms with Gasteiger partial charge in [0.2, 0.25) is 0 Å². The molecule has 0 spiro atoms. The molecule has 0 saturated carbocycles. The lowest BCUT2D eigenvalue weighted by Gasteiger charge is -1.95. The molecule has 0 amide bonds. The monoisotopic (exact) mass is 170 g/mol. The molecule has 0 bridgehead atoms. The highest BCUT2D eigenvalue weighted by Gasteiger charge is 2.05. The molecule has 2 nitrogen and oxygen atoms in total. The molecule has 0 aliphatic heterocycles. The molecule has 2 rings (SSSR count). The van der Waals surface area contributed by atoms with Crippen molar-refractivity contribution < 1.29 is 0 Å². The van der Waals surface area contributed by atoms with E-state index in [9.17, 15) is 0 Å². The zero-order valence-electron chi connectivity index (χ0n) is 7.70. The van der Waals surface area contributed by atoms with Crippen molar-refractivity contribution in [3.63, 3.8) is 0 Å². The molecule has 2 heteroatoms. The third kappa shape index (κ3) is 1.09. The van der Waals surface area contributed by atoms with E-state index >= 15 is 0 Å². The molecule has 0 atom stereocenters. The summed E-state index contributed by atoms with van der Waals surface area (Å²) >= 11 is 0. The lowest BCUT2D eigenvalue weighted by molar-refractivity contribution is 1.16. The third-order valence-corrected chi connectivity index (χ3v) is 2.22. The van der Waals surface area contributed by atoms with Crippen LogP contribution in [0.3, 0.4) is 0 Å². The van der Waals surface area contributed by atoms with Crippen LogP contribution < -0.4 is 0 Å². The van der Waals surface area contributed by atoms with Crippen LogP contribution in [0.1, 0.15) is 16.7 Å². The minimum atomic E-state index is 0.778. The lowest BCUT2D eigenvalue weighted by atomic mass is 10.2. The predicted molar refractivity (Wildman–Crippen MR) is 51.6 cm³/mol. The molecule has 2 heterocycles. The minimum Gasteiger partial charge on any atom is -0.322 e. The van der Waals surface area contributed by atoms with Gasteiger partial charge in [-0.25, -0.2) is 0 Å². The minimum absolute atomic E-state index is 0.778. The zero-order chi connectivity index (χ0) is 9.42. The Balaban J connectivity index is 2.88. The van der Waals surface area contributed by atoms with Gasteiger partial charge < -0.3 is 4.40 Å². The van der Waals surface area contributed by atoms with Crippen molar-refractivity contribution in [2.45, 2.75) is 13.8 Å². The number of rotatable bonds is 0. The molecule has 0 fully saturated rings. The van der Waals surface area contributed by atoms with Crippen molar-refractivity contribution in [3.05, 3.63) is 41.2 Å². The van der Waals surface area contributed by atoms with Gasteiger partial charge in [-0.1, -0.05) is 6.07 Å². The van der Waals surface area contributed by atoms with Crippen molar-refractivity contribution in [1.29, 1.82) is 5.26 Å². The summed E-state index contributed by atoms with van der Waals surface area (Å²) < 4.78 is 2.00. The van der Waals surface area contributed by atoms with Crippen molar-refractivity contribution in [2.75, 3.05) is 0 Å². The van der Waals surface area contributed by atoms with Gasteiger partial charge in [0.25, 0.3) is 0 Å². The Bertz CT molecular complexity index is 501. The van der Waals surface area contributed by atoms with E-state index < -0.39 is 0 Å². The fourth-order valence-electron chi connectivity index (χ4n) is 1.57. The number of aryl methyl sites for hydroxylation is 2. The van der Waals surface area contributed by atoms with Gasteiger partial charge in [0, 0.05) is 12.4 Å². The number of nitriles is 1. The molecule has 13 heavy (non-hydrogen) atoms. The second-order valence-electron chi connectivity index (χ2n) is 3.30. The molecule has 0 aliphatic carbocycles. The number of fused-ring (bicyclic) bond motifs is 1. The molecule has 0 N–H and O–H groups in total. The highest BCUT2D eigenvalue weighted by Crippen LogP contribution is 2.17. The molecule has 0 saturated heterocycles. The summed E-state index contributed by atoms with van der Waals surface area (Å²) in [5, 5.41) is 8.91. The van der Waals surface area contributed by atoms with E-state index in [2.05, 4.69) is 6.07 Å². The van der Waals surface area contributed by atoms with Gasteiger partial charge in [-0.05, 0) is 31.0 Å². The van der Waals surface area contributed by atoms with Crippen LogP contribution in [0.5, 0.6) is 0 Å². The first-order valence-electron chi connectivity index (χ1n) is 4.20. The number of nitrogens with zero attached hydrogens (tertiary/aromatic N) is 2. The molecule has 2 aromatic rings. The van der Waals surface area contributed by atoms with Crippen LogP contribution in [-0.4, -0.2) is 4.40 Å². The Labute approximate surface area is 77.0 Å². The molecule has 2 aromatic heterocycles. The molecule has 64 valence electrons. The maximum atomic E-state index is 8.91. The number of hydrogen-bond acceptors (Lipinski definition) is 1. The van der Waals surface area contributed by atoms with Crippen molar-refractivity contribution in [2.24, 2.45) is 0 Å². The van der Waals surface area contributed by atoms with Gasteiger partial charge in [0.15, 0.2) is 0 Å². The molecular formula is C11H10N2. The van der Waals surface area contributed by atoms with Crippen LogP contribution in [0.15, 0.2) is 24.5 Å². The van der Waals surface area contributed by atoms with E-state index in [1.807, 2.05) is 42.8 Å². The quantitative estimate of drug-likeness (QED) is 0.596. The lowest BCUT2D eigenvalue weighted by Crippen LogP contribution is -1.83. The second kappa shape index (κ2) is 2.63. The summed E-state index contributed by atoms with van der Waals surface area (Å²) in [6.07, 6.45) is 4.02. The van der Waals surface area contributed by atoms with Gasteiger partial charge in [0.1, 0.15) is 6.07 Å². The molecule has 0 radical (unpaired) electrons. The van der Waals surface area contributed by atoms with E-state index in [0.29, 0.717) is 0 Å². The van der Waals surface area contributed by atoms with Gasteiger partial charge in [-0.15, -0.1) is 0 Å². The van der Waals surface area contributed by atoms with Crippen LogP contribution in [0, 0.1) is 25.2 Å². The average Bonchev–Trinajstić information content (AvgIpc) is 2.39. The fourth-order valence-corrected chi connectivity index (χ4v) is 1.57. The van der Waals surface area contributed by atoms with Gasteiger partial charge in [0.05, 0.1) is 11.1 Å². The van der Waals surface area contributed by atoms with Crippen LogP contribution in [-0.2, 0) is 0 Å². The van der Waals surface area contributed by atoms with Crippen LogP contribution in [0.25, 0.3) is 5.52 Å². The Morgan fingerprint density at radius 2 is 2.00 bits per heavy atom. The largest absolute Gasteiger partial charge is 0.322 e. The van der Waals surface area contributed by atoms with Crippen LogP contribution in [0.2, 0.25) is 0 Å². The summed E-state index contributed by atoms with van der Waals surface area (Å²) in [6, 6.07) is 6.23. The molecular weight excluding hydrogens is 160 g/mol. The predicted octanol–water partition coefficient (Wildman–Crippen LogP) is 2.43. The summed E-state index contributed by atoms with van der Waals surface area (Å²) in [7, 11) is 0. The Morgan fingerprint density at radius 3 is 2.69 bits per heavy atom. The third-order valence-electron chi connectivity index (χ3n) is 2.22. The first-order chi connectivity index (χ1) is 6.22. The molecule has 0 aromatic carbocycles. The van der Waals surface area contributed by atoms with Crippen molar-refractivity contribution >= 4 is 5.52 Å². The summed E-state index contributed by atoms with van der Waals surface area (Å²) in [6.45, 7) is 4.00. The number of pyridine rings is 1. The van der Waals surface area contributed by atoms with Gasteiger partial charge >= 0.3 is 0 Å². The van der Waals surface area contributed by atoms with Crippen LogP contribution in [0.4, 0.5) is 0 Å². The van der Waals surface area contributed by atoms with Gasteiger partial charge in [-0.2, -0.15) is 5.26 Å². The fraction of sp³-hybridized carbons (Fsp3) is 0.182. The number of hydrogen-bond donors (Lipinski definition) is 0. The SMILES string of the molecule is Cc1ccc2c(C#N)c(C)cn2c1. The Morgan fingerprint density at radius 1 is 1.23 bits per heavy atom. The first kappa shape index (κ1) is 7.88. The Kier molecular flexibility index (Phi) is 1.60. The highest BCUT2D eigenvalue weighted by atomic mass is 14.9. The molecule has 0 aliphatic rings. The van der Waals surface area contributed by atoms with E-state index in [1.54, 1.807) is 0 Å². The highest BCUT2D eigenvalue weighted by molar-refractivity contribution is 5.65. The first-order valence-corrected chi connectivity index (χ1v) is 4.20. The normalized spacial score (nSPS) is 10.2. The smallest absolute Gasteiger partial charge is 0.102 e. The van der Waals surface area contributed by atoms with E-state index in [4.69, 9.17) is 5.26 Å². The average molecular weight is 170 g/mol. The van der Waals surface area contributed by atoms with Crippen LogP contribution >= 0.6 is 0 Å². The zero-order valence-corrected chi connectivity index (χ0v) is 7.70. The number of aromatic nitrogens is 1. The summed E-state index contributed by atoms with van der Waals surface area (Å²) in [4.78, 5) is 0. The van der Waals surface area contributed by atoms with Crippen molar-refractivity contribution in [3.8, 4) is 6.07 Å². The van der Waals surface area contributed by atoms with Gasteiger partial charge in [-0.3, -0.25) is 0 Å². The van der Waals surface area contributed by atoms with E-state index in [0.717, 1.165) is 16.6 Å². The Hall–Kier alpha value is -1.75. The van der Waals surface area contributed by atoms with E-state index in [1.165, 1.54) is 5.56 Å². The van der Waals surface area contributed by atoms with E-state index in [-0.39, 0.29) is 0 Å². The van der Waals surface area contributed by atoms with Crippen molar-refractivity contribution in [1.82, 2.24) is 4.40 Å². The standard InChI is InChI=1S/C11H10N2/c1-8-3-4-11-10(5-12)9(2)7-13(11)6-8/h3-4,6-7H,1-2H3. The maximum Gasteiger partial charge on any atom is 0.102 e. The second-order valence-corrected chi connectivity index (χ2v) is 3.30.